The van der Waals surface area contributed by atoms with Gasteiger partial charge in [-0.25, -0.2) is 0 Å². The van der Waals surface area contributed by atoms with E-state index in [1.165, 1.54) is 0 Å². The second kappa shape index (κ2) is 2.48. The molecule has 1 N–H and O–H groups in total. The molecule has 2 aliphatic rings. The summed E-state index contributed by atoms with van der Waals surface area (Å²) in [6.07, 6.45) is 2.46. The highest BCUT2D eigenvalue weighted by atomic mass is 16.2. The summed E-state index contributed by atoms with van der Waals surface area (Å²) in [5, 5.41) is 3.35. The Morgan fingerprint density at radius 1 is 1.64 bits per heavy atom. The zero-order chi connectivity index (χ0) is 7.84. The molecule has 2 aliphatic heterocycles. The number of carbonyl (C=O) groups excluding carboxylic acids is 1. The van der Waals surface area contributed by atoms with Gasteiger partial charge in [-0.3, -0.25) is 10.1 Å². The van der Waals surface area contributed by atoms with Gasteiger partial charge in [-0.1, -0.05) is 6.92 Å². The van der Waals surface area contributed by atoms with E-state index in [4.69, 9.17) is 0 Å². The fourth-order valence-electron chi connectivity index (χ4n) is 1.98. The van der Waals surface area contributed by atoms with Crippen molar-refractivity contribution in [2.24, 2.45) is 5.92 Å². The van der Waals surface area contributed by atoms with Crippen molar-refractivity contribution in [1.82, 2.24) is 10.2 Å². The summed E-state index contributed by atoms with van der Waals surface area (Å²) in [6, 6.07) is 0. The van der Waals surface area contributed by atoms with Crippen molar-refractivity contribution in [1.29, 1.82) is 0 Å². The number of carbonyl (C=O) groups is 1. The van der Waals surface area contributed by atoms with Gasteiger partial charge in [0, 0.05) is 12.5 Å². The van der Waals surface area contributed by atoms with Crippen molar-refractivity contribution in [3.8, 4) is 0 Å². The minimum Gasteiger partial charge on any atom is -0.327 e. The van der Waals surface area contributed by atoms with E-state index in [0.717, 1.165) is 25.9 Å². The molecule has 0 spiro atoms. The molecular formula is C8H14N2O. The van der Waals surface area contributed by atoms with Crippen molar-refractivity contribution < 1.29 is 4.79 Å². The summed E-state index contributed by atoms with van der Waals surface area (Å²) < 4.78 is 0. The lowest BCUT2D eigenvalue weighted by Crippen LogP contribution is -2.48. The summed E-state index contributed by atoms with van der Waals surface area (Å²) in [7, 11) is 0. The largest absolute Gasteiger partial charge is 0.327 e. The molecule has 2 heterocycles. The molecule has 3 nitrogen and oxygen atoms in total. The van der Waals surface area contributed by atoms with E-state index in [1.54, 1.807) is 0 Å². The Bertz CT molecular complexity index is 181. The van der Waals surface area contributed by atoms with Gasteiger partial charge in [-0.05, 0) is 19.4 Å². The van der Waals surface area contributed by atoms with Gasteiger partial charge in [0.15, 0.2) is 0 Å². The molecule has 1 amide bonds. The third kappa shape index (κ3) is 1.03. The Morgan fingerprint density at radius 2 is 2.45 bits per heavy atom. The Hall–Kier alpha value is -0.570. The average molecular weight is 154 g/mol. The van der Waals surface area contributed by atoms with Crippen LogP contribution in [0.2, 0.25) is 0 Å². The van der Waals surface area contributed by atoms with Gasteiger partial charge in [-0.15, -0.1) is 0 Å². The zero-order valence-electron chi connectivity index (χ0n) is 6.84. The van der Waals surface area contributed by atoms with Gasteiger partial charge in [0.25, 0.3) is 0 Å². The maximum Gasteiger partial charge on any atom is 0.226 e. The van der Waals surface area contributed by atoms with Crippen LogP contribution in [0.1, 0.15) is 19.8 Å². The zero-order valence-corrected chi connectivity index (χ0v) is 6.84. The average Bonchev–Trinajstić information content (AvgIpc) is 2.30. The van der Waals surface area contributed by atoms with Crippen LogP contribution in [0.5, 0.6) is 0 Å². The van der Waals surface area contributed by atoms with E-state index in [1.807, 2.05) is 11.8 Å². The van der Waals surface area contributed by atoms with Crippen LogP contribution in [0.3, 0.4) is 0 Å². The van der Waals surface area contributed by atoms with Crippen LogP contribution in [0.15, 0.2) is 0 Å². The standard InChI is InChI=1S/C8H14N2O/c1-6-5-7-9-3-2-4-10(7)8(6)11/h6-7,9H,2-5H2,1H3. The molecule has 3 heteroatoms. The summed E-state index contributed by atoms with van der Waals surface area (Å²) in [6.45, 7) is 4.05. The number of amides is 1. The SMILES string of the molecule is CC1CC2NCCCN2C1=O. The summed E-state index contributed by atoms with van der Waals surface area (Å²) in [4.78, 5) is 13.4. The van der Waals surface area contributed by atoms with Gasteiger partial charge in [-0.2, -0.15) is 0 Å². The van der Waals surface area contributed by atoms with Gasteiger partial charge in [0.1, 0.15) is 0 Å². The van der Waals surface area contributed by atoms with Crippen LogP contribution in [0, 0.1) is 5.92 Å². The van der Waals surface area contributed by atoms with E-state index in [2.05, 4.69) is 5.32 Å². The first-order valence-electron chi connectivity index (χ1n) is 4.33. The summed E-state index contributed by atoms with van der Waals surface area (Å²) >= 11 is 0. The second-order valence-corrected chi connectivity index (χ2v) is 3.49. The van der Waals surface area contributed by atoms with Crippen molar-refractivity contribution >= 4 is 5.91 Å². The van der Waals surface area contributed by atoms with E-state index < -0.39 is 0 Å². The van der Waals surface area contributed by atoms with Crippen molar-refractivity contribution in [2.45, 2.75) is 25.9 Å². The van der Waals surface area contributed by atoms with Crippen molar-refractivity contribution in [3.05, 3.63) is 0 Å². The molecule has 2 fully saturated rings. The van der Waals surface area contributed by atoms with Crippen LogP contribution in [0.25, 0.3) is 0 Å². The number of hydrogen-bond donors (Lipinski definition) is 1. The highest BCUT2D eigenvalue weighted by Crippen LogP contribution is 2.24. The fourth-order valence-corrected chi connectivity index (χ4v) is 1.98. The van der Waals surface area contributed by atoms with Crippen LogP contribution in [0.4, 0.5) is 0 Å². The topological polar surface area (TPSA) is 32.3 Å². The molecule has 0 aromatic heterocycles. The molecule has 62 valence electrons. The second-order valence-electron chi connectivity index (χ2n) is 3.49. The maximum absolute atomic E-state index is 11.4. The molecule has 0 aliphatic carbocycles. The summed E-state index contributed by atoms with van der Waals surface area (Å²) in [5.41, 5.74) is 0. The number of hydrogen-bond acceptors (Lipinski definition) is 2. The first-order valence-corrected chi connectivity index (χ1v) is 4.33. The monoisotopic (exact) mass is 154 g/mol. The van der Waals surface area contributed by atoms with Crippen LogP contribution in [-0.2, 0) is 4.79 Å². The van der Waals surface area contributed by atoms with E-state index in [9.17, 15) is 4.79 Å². The predicted molar refractivity (Wildman–Crippen MR) is 41.9 cm³/mol. The lowest BCUT2D eigenvalue weighted by atomic mass is 10.1. The minimum atomic E-state index is 0.241. The van der Waals surface area contributed by atoms with Gasteiger partial charge < -0.3 is 4.90 Å². The molecule has 2 unspecified atom stereocenters. The van der Waals surface area contributed by atoms with Gasteiger partial charge in [0.05, 0.1) is 6.17 Å². The number of rotatable bonds is 0. The highest BCUT2D eigenvalue weighted by molar-refractivity contribution is 5.81. The van der Waals surface area contributed by atoms with Crippen LogP contribution < -0.4 is 5.32 Å². The van der Waals surface area contributed by atoms with E-state index in [0.29, 0.717) is 12.1 Å². The quantitative estimate of drug-likeness (QED) is 0.539. The molecule has 2 saturated heterocycles. The Morgan fingerprint density at radius 3 is 3.18 bits per heavy atom. The van der Waals surface area contributed by atoms with Crippen LogP contribution >= 0.6 is 0 Å². The number of nitrogens with zero attached hydrogens (tertiary/aromatic N) is 1. The molecule has 0 aromatic carbocycles. The molecule has 0 bridgehead atoms. The third-order valence-electron chi connectivity index (χ3n) is 2.61. The number of fused-ring (bicyclic) bond motifs is 1. The van der Waals surface area contributed by atoms with Crippen molar-refractivity contribution in [3.63, 3.8) is 0 Å². The normalized spacial score (nSPS) is 37.5. The summed E-state index contributed by atoms with van der Waals surface area (Å²) in [5.74, 6) is 0.577. The third-order valence-corrected chi connectivity index (χ3v) is 2.61. The fraction of sp³-hybridized carbons (Fsp3) is 0.875. The maximum atomic E-state index is 11.4. The van der Waals surface area contributed by atoms with Crippen molar-refractivity contribution in [2.75, 3.05) is 13.1 Å². The Balaban J connectivity index is 2.11. The minimum absolute atomic E-state index is 0.241. The van der Waals surface area contributed by atoms with E-state index in [-0.39, 0.29) is 5.92 Å². The number of nitrogens with one attached hydrogen (secondary N) is 1. The lowest BCUT2D eigenvalue weighted by Gasteiger charge is -2.30. The molecule has 0 radical (unpaired) electrons. The molecular weight excluding hydrogens is 140 g/mol. The molecule has 0 aromatic rings. The highest BCUT2D eigenvalue weighted by Gasteiger charge is 2.37. The predicted octanol–water partition coefficient (Wildman–Crippen LogP) is 0.174. The Kier molecular flexibility index (Phi) is 1.60. The first-order chi connectivity index (χ1) is 5.29. The molecule has 0 saturated carbocycles. The molecule has 2 atom stereocenters. The Labute approximate surface area is 66.8 Å². The lowest BCUT2D eigenvalue weighted by molar-refractivity contribution is -0.132. The van der Waals surface area contributed by atoms with Gasteiger partial charge >= 0.3 is 0 Å². The van der Waals surface area contributed by atoms with Crippen LogP contribution in [-0.4, -0.2) is 30.1 Å². The first kappa shape index (κ1) is 7.10. The van der Waals surface area contributed by atoms with Gasteiger partial charge in [0.2, 0.25) is 5.91 Å². The molecule has 11 heavy (non-hydrogen) atoms. The smallest absolute Gasteiger partial charge is 0.226 e. The van der Waals surface area contributed by atoms with E-state index >= 15 is 0 Å². The molecule has 2 rings (SSSR count).